The molecule has 1 rings (SSSR count). The minimum absolute atomic E-state index is 0.0457. The third-order valence-electron chi connectivity index (χ3n) is 2.66. The van der Waals surface area contributed by atoms with Crippen molar-refractivity contribution < 1.29 is 13.3 Å². The molecule has 0 aromatic carbocycles. The molecular weight excluding hydrogens is 268 g/mol. The fourth-order valence-corrected chi connectivity index (χ4v) is 3.91. The monoisotopic (exact) mass is 288 g/mol. The number of hydrogen-bond donors (Lipinski definition) is 3. The van der Waals surface area contributed by atoms with E-state index in [0.29, 0.717) is 6.42 Å². The predicted molar refractivity (Wildman–Crippen MR) is 73.1 cm³/mol. The Kier molecular flexibility index (Phi) is 5.41. The Balaban J connectivity index is 2.98. The lowest BCUT2D eigenvalue weighted by molar-refractivity contribution is 0.114. The van der Waals surface area contributed by atoms with Crippen LogP contribution < -0.4 is 16.8 Å². The van der Waals surface area contributed by atoms with Crippen molar-refractivity contribution in [3.8, 4) is 0 Å². The van der Waals surface area contributed by atoms with Crippen molar-refractivity contribution >= 4 is 26.6 Å². The van der Waals surface area contributed by atoms with E-state index in [1.165, 1.54) is 0 Å². The van der Waals surface area contributed by atoms with Crippen LogP contribution in [0, 0.1) is 0 Å². The topological polar surface area (TPSA) is 130 Å². The summed E-state index contributed by atoms with van der Waals surface area (Å²) in [5.41, 5.74) is 10.8. The number of hydrogen-bond acceptors (Lipinski definition) is 9. The van der Waals surface area contributed by atoms with Crippen molar-refractivity contribution in [2.75, 3.05) is 38.1 Å². The van der Waals surface area contributed by atoms with Gasteiger partial charge in [0.2, 0.25) is 17.8 Å². The zero-order valence-corrected chi connectivity index (χ0v) is 12.5. The molecule has 0 saturated heterocycles. The molecule has 1 heterocycles. The van der Waals surface area contributed by atoms with Gasteiger partial charge < -0.3 is 30.1 Å². The van der Waals surface area contributed by atoms with Crippen molar-refractivity contribution in [1.29, 1.82) is 0 Å². The standard InChI is InChI=1S/C9H20N6O3Si/c1-5-6(19(16-2,17-3)18-4)12-9-14-7(10)13-8(11)15-9/h6H,5H2,1-4H3,(H5,10,11,12,13,14,15). The molecular formula is C9H20N6O3Si. The zero-order valence-electron chi connectivity index (χ0n) is 11.5. The summed E-state index contributed by atoms with van der Waals surface area (Å²) < 4.78 is 16.3. The summed E-state index contributed by atoms with van der Waals surface area (Å²) in [5, 5.41) is 3.07. The highest BCUT2D eigenvalue weighted by Crippen LogP contribution is 2.18. The van der Waals surface area contributed by atoms with Crippen molar-refractivity contribution in [2.24, 2.45) is 0 Å². The number of nitrogens with one attached hydrogen (secondary N) is 1. The maximum Gasteiger partial charge on any atom is 0.523 e. The SMILES string of the molecule is CCC(Nc1nc(N)nc(N)n1)[Si](OC)(OC)OC. The van der Waals surface area contributed by atoms with E-state index in [1.807, 2.05) is 6.92 Å². The van der Waals surface area contributed by atoms with Gasteiger partial charge in [-0.15, -0.1) is 0 Å². The molecule has 0 bridgehead atoms. The largest absolute Gasteiger partial charge is 0.523 e. The molecule has 19 heavy (non-hydrogen) atoms. The number of anilines is 3. The smallest absolute Gasteiger partial charge is 0.376 e. The van der Waals surface area contributed by atoms with Crippen LogP contribution in [0.25, 0.3) is 0 Å². The molecule has 0 saturated carbocycles. The lowest BCUT2D eigenvalue weighted by Crippen LogP contribution is -2.57. The van der Waals surface area contributed by atoms with E-state index in [9.17, 15) is 0 Å². The molecule has 0 radical (unpaired) electrons. The van der Waals surface area contributed by atoms with Crippen LogP contribution in [0.5, 0.6) is 0 Å². The van der Waals surface area contributed by atoms with Crippen LogP contribution in [0.2, 0.25) is 0 Å². The molecule has 1 aromatic rings. The number of rotatable bonds is 7. The molecule has 1 atom stereocenters. The number of nitrogen functional groups attached to an aromatic ring is 2. The molecule has 0 aliphatic carbocycles. The van der Waals surface area contributed by atoms with E-state index in [4.69, 9.17) is 24.7 Å². The Hall–Kier alpha value is -1.49. The van der Waals surface area contributed by atoms with Crippen molar-refractivity contribution in [2.45, 2.75) is 19.0 Å². The minimum atomic E-state index is -2.86. The van der Waals surface area contributed by atoms with Gasteiger partial charge in [0.1, 0.15) is 0 Å². The first kappa shape index (κ1) is 15.6. The van der Waals surface area contributed by atoms with E-state index in [0.717, 1.165) is 0 Å². The summed E-state index contributed by atoms with van der Waals surface area (Å²) >= 11 is 0. The normalized spacial score (nSPS) is 13.3. The minimum Gasteiger partial charge on any atom is -0.376 e. The van der Waals surface area contributed by atoms with Crippen LogP contribution in [-0.4, -0.2) is 50.8 Å². The van der Waals surface area contributed by atoms with Gasteiger partial charge in [-0.3, -0.25) is 0 Å². The van der Waals surface area contributed by atoms with E-state index in [2.05, 4.69) is 20.3 Å². The van der Waals surface area contributed by atoms with E-state index < -0.39 is 8.80 Å². The van der Waals surface area contributed by atoms with Crippen LogP contribution in [0.3, 0.4) is 0 Å². The highest BCUT2D eigenvalue weighted by molar-refractivity contribution is 6.63. The van der Waals surface area contributed by atoms with Crippen LogP contribution in [-0.2, 0) is 13.3 Å². The lowest BCUT2D eigenvalue weighted by atomic mass is 10.5. The second-order valence-corrected chi connectivity index (χ2v) is 6.83. The van der Waals surface area contributed by atoms with Crippen molar-refractivity contribution in [3.63, 3.8) is 0 Å². The third-order valence-corrected chi connectivity index (χ3v) is 5.78. The van der Waals surface area contributed by atoms with Gasteiger partial charge in [0, 0.05) is 21.3 Å². The molecule has 1 aromatic heterocycles. The van der Waals surface area contributed by atoms with Gasteiger partial charge in [-0.25, -0.2) is 0 Å². The summed E-state index contributed by atoms with van der Waals surface area (Å²) in [5.74, 6) is 0.355. The first-order valence-corrected chi connectivity index (χ1v) is 7.50. The van der Waals surface area contributed by atoms with E-state index in [1.54, 1.807) is 21.3 Å². The van der Waals surface area contributed by atoms with Crippen LogP contribution in [0.4, 0.5) is 17.8 Å². The third kappa shape index (κ3) is 3.50. The molecule has 0 amide bonds. The summed E-state index contributed by atoms with van der Waals surface area (Å²) in [6, 6.07) is 0. The first-order chi connectivity index (χ1) is 9.01. The van der Waals surface area contributed by atoms with E-state index in [-0.39, 0.29) is 23.5 Å². The molecule has 0 aliphatic heterocycles. The quantitative estimate of drug-likeness (QED) is 0.576. The Morgan fingerprint density at radius 2 is 1.53 bits per heavy atom. The van der Waals surface area contributed by atoms with Crippen molar-refractivity contribution in [1.82, 2.24) is 15.0 Å². The molecule has 10 heteroatoms. The Labute approximate surface area is 113 Å². The van der Waals surface area contributed by atoms with Crippen LogP contribution in [0.1, 0.15) is 13.3 Å². The maximum atomic E-state index is 5.52. The fraction of sp³-hybridized carbons (Fsp3) is 0.667. The number of nitrogens with two attached hydrogens (primary N) is 2. The molecule has 1 unspecified atom stereocenters. The summed E-state index contributed by atoms with van der Waals surface area (Å²) in [7, 11) is 1.77. The average Bonchev–Trinajstić information content (AvgIpc) is 2.38. The fourth-order valence-electron chi connectivity index (χ4n) is 1.75. The summed E-state index contributed by atoms with van der Waals surface area (Å²) in [4.78, 5) is 11.6. The van der Waals surface area contributed by atoms with Gasteiger partial charge >= 0.3 is 8.80 Å². The van der Waals surface area contributed by atoms with Crippen molar-refractivity contribution in [3.05, 3.63) is 0 Å². The first-order valence-electron chi connectivity index (χ1n) is 5.70. The second kappa shape index (κ2) is 6.61. The van der Waals surface area contributed by atoms with Gasteiger partial charge in [-0.2, -0.15) is 15.0 Å². The maximum absolute atomic E-state index is 5.52. The highest BCUT2D eigenvalue weighted by atomic mass is 28.4. The molecule has 0 fully saturated rings. The number of aromatic nitrogens is 3. The van der Waals surface area contributed by atoms with Gasteiger partial charge in [-0.1, -0.05) is 6.92 Å². The van der Waals surface area contributed by atoms with Gasteiger partial charge in [0.15, 0.2) is 0 Å². The van der Waals surface area contributed by atoms with Gasteiger partial charge in [0.05, 0.1) is 5.67 Å². The average molecular weight is 288 g/mol. The zero-order chi connectivity index (χ0) is 14.5. The molecule has 0 aliphatic rings. The molecule has 5 N–H and O–H groups in total. The summed E-state index contributed by atoms with van der Waals surface area (Å²) in [6.07, 6.45) is 0.688. The highest BCUT2D eigenvalue weighted by Gasteiger charge is 2.47. The van der Waals surface area contributed by atoms with Gasteiger partial charge in [-0.05, 0) is 6.42 Å². The van der Waals surface area contributed by atoms with Crippen LogP contribution >= 0.6 is 0 Å². The Bertz CT molecular complexity index is 388. The molecule has 108 valence electrons. The molecule has 9 nitrogen and oxygen atoms in total. The van der Waals surface area contributed by atoms with Crippen LogP contribution in [0.15, 0.2) is 0 Å². The predicted octanol–water partition coefficient (Wildman–Crippen LogP) is -0.356. The molecule has 0 spiro atoms. The lowest BCUT2D eigenvalue weighted by Gasteiger charge is -2.32. The van der Waals surface area contributed by atoms with E-state index >= 15 is 0 Å². The second-order valence-electron chi connectivity index (χ2n) is 3.70. The van der Waals surface area contributed by atoms with Gasteiger partial charge in [0.25, 0.3) is 0 Å². The Morgan fingerprint density at radius 3 is 1.89 bits per heavy atom. The number of nitrogens with zero attached hydrogens (tertiary/aromatic N) is 3. The summed E-state index contributed by atoms with van der Waals surface area (Å²) in [6.45, 7) is 1.96. The Morgan fingerprint density at radius 1 is 1.05 bits per heavy atom.